The molecule has 4 heteroatoms. The lowest BCUT2D eigenvalue weighted by Gasteiger charge is -2.21. The molecule has 1 aromatic heterocycles. The fourth-order valence-electron chi connectivity index (χ4n) is 4.18. The van der Waals surface area contributed by atoms with Gasteiger partial charge in [-0.2, -0.15) is 0 Å². The maximum Gasteiger partial charge on any atom is 0.227 e. The summed E-state index contributed by atoms with van der Waals surface area (Å²) in [5.41, 5.74) is 4.20. The molecule has 1 aliphatic heterocycles. The highest BCUT2D eigenvalue weighted by Crippen LogP contribution is 2.31. The number of furan rings is 1. The zero-order chi connectivity index (χ0) is 19.1. The van der Waals surface area contributed by atoms with E-state index < -0.39 is 0 Å². The van der Waals surface area contributed by atoms with Gasteiger partial charge in [-0.1, -0.05) is 48.5 Å². The SMILES string of the molecule is CN1CCN(C(=O)Cc2coc3ccc4ccccc4c23)Cc2ccccc21. The van der Waals surface area contributed by atoms with E-state index in [-0.39, 0.29) is 5.91 Å². The first-order valence-electron chi connectivity index (χ1n) is 9.65. The van der Waals surface area contributed by atoms with E-state index in [0.717, 1.165) is 40.4 Å². The number of rotatable bonds is 2. The van der Waals surface area contributed by atoms with Crippen LogP contribution in [-0.2, 0) is 17.8 Å². The van der Waals surface area contributed by atoms with Crippen molar-refractivity contribution < 1.29 is 9.21 Å². The third kappa shape index (κ3) is 2.82. The van der Waals surface area contributed by atoms with E-state index in [1.54, 1.807) is 6.26 Å². The molecule has 0 N–H and O–H groups in total. The topological polar surface area (TPSA) is 36.7 Å². The lowest BCUT2D eigenvalue weighted by atomic mass is 10.0. The number of carbonyl (C=O) groups is 1. The summed E-state index contributed by atoms with van der Waals surface area (Å²) in [6, 6.07) is 20.6. The van der Waals surface area contributed by atoms with Crippen molar-refractivity contribution in [3.8, 4) is 0 Å². The van der Waals surface area contributed by atoms with Crippen LogP contribution in [0.4, 0.5) is 5.69 Å². The Bertz CT molecular complexity index is 1180. The zero-order valence-electron chi connectivity index (χ0n) is 15.9. The van der Waals surface area contributed by atoms with Gasteiger partial charge in [0.2, 0.25) is 5.91 Å². The molecular formula is C24H22N2O2. The highest BCUT2D eigenvalue weighted by atomic mass is 16.3. The normalized spacial score (nSPS) is 14.3. The van der Waals surface area contributed by atoms with Gasteiger partial charge >= 0.3 is 0 Å². The number of anilines is 1. The number of likely N-dealkylation sites (N-methyl/N-ethyl adjacent to an activating group) is 1. The molecule has 0 aliphatic carbocycles. The summed E-state index contributed by atoms with van der Waals surface area (Å²) in [6.45, 7) is 2.20. The number of fused-ring (bicyclic) bond motifs is 4. The predicted molar refractivity (Wildman–Crippen MR) is 113 cm³/mol. The predicted octanol–water partition coefficient (Wildman–Crippen LogP) is 4.61. The second kappa shape index (κ2) is 6.71. The average molecular weight is 370 g/mol. The van der Waals surface area contributed by atoms with Crippen LogP contribution in [0.25, 0.3) is 21.7 Å². The molecule has 0 fully saturated rings. The third-order valence-corrected chi connectivity index (χ3v) is 5.70. The van der Waals surface area contributed by atoms with E-state index in [9.17, 15) is 4.79 Å². The Morgan fingerprint density at radius 2 is 1.82 bits per heavy atom. The van der Waals surface area contributed by atoms with E-state index in [2.05, 4.69) is 48.3 Å². The van der Waals surface area contributed by atoms with Crippen LogP contribution in [0.1, 0.15) is 11.1 Å². The molecule has 2 heterocycles. The van der Waals surface area contributed by atoms with Crippen molar-refractivity contribution >= 4 is 33.3 Å². The van der Waals surface area contributed by atoms with Gasteiger partial charge in [0, 0.05) is 43.3 Å². The lowest BCUT2D eigenvalue weighted by Crippen LogP contribution is -2.35. The number of carbonyl (C=O) groups excluding carboxylic acids is 1. The minimum atomic E-state index is 0.140. The number of hydrogen-bond donors (Lipinski definition) is 0. The number of hydrogen-bond acceptors (Lipinski definition) is 3. The Kier molecular flexibility index (Phi) is 4.05. The van der Waals surface area contributed by atoms with Gasteiger partial charge in [-0.3, -0.25) is 4.79 Å². The summed E-state index contributed by atoms with van der Waals surface area (Å²) in [4.78, 5) is 17.4. The lowest BCUT2D eigenvalue weighted by molar-refractivity contribution is -0.130. The summed E-state index contributed by atoms with van der Waals surface area (Å²) < 4.78 is 5.76. The van der Waals surface area contributed by atoms with E-state index in [1.807, 2.05) is 29.2 Å². The number of nitrogens with zero attached hydrogens (tertiary/aromatic N) is 2. The number of amides is 1. The van der Waals surface area contributed by atoms with Gasteiger partial charge in [0.25, 0.3) is 0 Å². The molecule has 0 bridgehead atoms. The van der Waals surface area contributed by atoms with Gasteiger partial charge in [-0.25, -0.2) is 0 Å². The molecule has 28 heavy (non-hydrogen) atoms. The average Bonchev–Trinajstić information content (AvgIpc) is 3.05. The van der Waals surface area contributed by atoms with Crippen LogP contribution in [0.2, 0.25) is 0 Å². The van der Waals surface area contributed by atoms with Crippen molar-refractivity contribution in [3.63, 3.8) is 0 Å². The molecule has 1 amide bonds. The fraction of sp³-hybridized carbons (Fsp3) is 0.208. The molecule has 4 nitrogen and oxygen atoms in total. The summed E-state index contributed by atoms with van der Waals surface area (Å²) in [5, 5.41) is 3.35. The molecule has 5 rings (SSSR count). The second-order valence-electron chi connectivity index (χ2n) is 7.46. The summed E-state index contributed by atoms with van der Waals surface area (Å²) in [7, 11) is 2.09. The van der Waals surface area contributed by atoms with Gasteiger partial charge in [0.15, 0.2) is 0 Å². The second-order valence-corrected chi connectivity index (χ2v) is 7.46. The summed E-state index contributed by atoms with van der Waals surface area (Å²) in [6.07, 6.45) is 2.10. The maximum atomic E-state index is 13.2. The molecule has 4 aromatic rings. The Morgan fingerprint density at radius 1 is 1.00 bits per heavy atom. The van der Waals surface area contributed by atoms with Crippen LogP contribution in [0.5, 0.6) is 0 Å². The van der Waals surface area contributed by atoms with E-state index in [0.29, 0.717) is 13.0 Å². The maximum absolute atomic E-state index is 13.2. The van der Waals surface area contributed by atoms with E-state index >= 15 is 0 Å². The van der Waals surface area contributed by atoms with Crippen LogP contribution in [0.3, 0.4) is 0 Å². The number of benzene rings is 3. The zero-order valence-corrected chi connectivity index (χ0v) is 15.9. The highest BCUT2D eigenvalue weighted by Gasteiger charge is 2.22. The van der Waals surface area contributed by atoms with E-state index in [1.165, 1.54) is 11.3 Å². The van der Waals surface area contributed by atoms with Crippen LogP contribution in [0.15, 0.2) is 71.3 Å². The molecule has 1 aliphatic rings. The van der Waals surface area contributed by atoms with Gasteiger partial charge in [-0.15, -0.1) is 0 Å². The molecule has 0 unspecified atom stereocenters. The Morgan fingerprint density at radius 3 is 2.75 bits per heavy atom. The van der Waals surface area contributed by atoms with Crippen LogP contribution in [0, 0.1) is 0 Å². The molecule has 3 aromatic carbocycles. The summed E-state index contributed by atoms with van der Waals surface area (Å²) >= 11 is 0. The molecule has 0 radical (unpaired) electrons. The molecule has 0 saturated heterocycles. The van der Waals surface area contributed by atoms with Crippen molar-refractivity contribution in [2.75, 3.05) is 25.0 Å². The standard InChI is InChI=1S/C24H22N2O2/c1-25-12-13-26(15-18-7-3-5-9-21(18)25)23(27)14-19-16-28-22-11-10-17-6-2-4-8-20(17)24(19)22/h2-11,16H,12-15H2,1H3. The van der Waals surface area contributed by atoms with Crippen molar-refractivity contribution in [2.24, 2.45) is 0 Å². The van der Waals surface area contributed by atoms with Crippen molar-refractivity contribution in [2.45, 2.75) is 13.0 Å². The van der Waals surface area contributed by atoms with Crippen molar-refractivity contribution in [1.82, 2.24) is 4.90 Å². The molecule has 0 saturated carbocycles. The van der Waals surface area contributed by atoms with Gasteiger partial charge in [0.05, 0.1) is 12.7 Å². The Balaban J connectivity index is 1.47. The van der Waals surface area contributed by atoms with Gasteiger partial charge in [-0.05, 0) is 28.5 Å². The summed E-state index contributed by atoms with van der Waals surface area (Å²) in [5.74, 6) is 0.140. The Labute approximate surface area is 164 Å². The minimum absolute atomic E-state index is 0.140. The quantitative estimate of drug-likeness (QED) is 0.517. The smallest absolute Gasteiger partial charge is 0.227 e. The molecular weight excluding hydrogens is 348 g/mol. The fourth-order valence-corrected chi connectivity index (χ4v) is 4.18. The van der Waals surface area contributed by atoms with Crippen LogP contribution >= 0.6 is 0 Å². The van der Waals surface area contributed by atoms with Crippen molar-refractivity contribution in [1.29, 1.82) is 0 Å². The van der Waals surface area contributed by atoms with Crippen LogP contribution in [-0.4, -0.2) is 30.9 Å². The highest BCUT2D eigenvalue weighted by molar-refractivity contribution is 6.08. The Hall–Kier alpha value is -3.27. The first-order chi connectivity index (χ1) is 13.7. The molecule has 0 atom stereocenters. The third-order valence-electron chi connectivity index (χ3n) is 5.70. The minimum Gasteiger partial charge on any atom is -0.464 e. The molecule has 140 valence electrons. The van der Waals surface area contributed by atoms with Crippen molar-refractivity contribution in [3.05, 3.63) is 78.1 Å². The van der Waals surface area contributed by atoms with Gasteiger partial charge < -0.3 is 14.2 Å². The van der Waals surface area contributed by atoms with Gasteiger partial charge in [0.1, 0.15) is 5.58 Å². The first kappa shape index (κ1) is 16.9. The van der Waals surface area contributed by atoms with Crippen LogP contribution < -0.4 is 4.90 Å². The number of para-hydroxylation sites is 1. The van der Waals surface area contributed by atoms with E-state index in [4.69, 9.17) is 4.42 Å². The first-order valence-corrected chi connectivity index (χ1v) is 9.65. The largest absolute Gasteiger partial charge is 0.464 e. The molecule has 0 spiro atoms. The monoisotopic (exact) mass is 370 g/mol.